The Morgan fingerprint density at radius 2 is 1.45 bits per heavy atom. The van der Waals surface area contributed by atoms with Crippen molar-refractivity contribution >= 4 is 11.9 Å². The molecule has 4 nitrogen and oxygen atoms in total. The van der Waals surface area contributed by atoms with E-state index in [1.165, 1.54) is 45.4 Å². The van der Waals surface area contributed by atoms with Crippen LogP contribution >= 0.6 is 0 Å². The Hall–Kier alpha value is -1.06. The van der Waals surface area contributed by atoms with Crippen molar-refractivity contribution in [3.8, 4) is 0 Å². The molecule has 0 aromatic rings. The highest BCUT2D eigenvalue weighted by Gasteiger charge is 2.09. The Bertz CT molecular complexity index is 292. The number of nitrogens with one attached hydrogen (secondary N) is 1. The summed E-state index contributed by atoms with van der Waals surface area (Å²) in [5, 5.41) is 13.6. The van der Waals surface area contributed by atoms with Gasteiger partial charge in [0.15, 0.2) is 0 Å². The Balaban J connectivity index is 3.69. The number of carbonyl (C=O) groups is 2. The summed E-state index contributed by atoms with van der Waals surface area (Å²) in [6.07, 6.45) is 12.8. The van der Waals surface area contributed by atoms with Gasteiger partial charge in [-0.3, -0.25) is 4.79 Å². The van der Waals surface area contributed by atoms with Crippen LogP contribution in [-0.4, -0.2) is 18.4 Å². The van der Waals surface area contributed by atoms with Crippen LogP contribution in [0.3, 0.4) is 0 Å². The molecule has 0 aliphatic heterocycles. The summed E-state index contributed by atoms with van der Waals surface area (Å²) in [4.78, 5) is 21.6. The first-order chi connectivity index (χ1) is 10.6. The van der Waals surface area contributed by atoms with Gasteiger partial charge in [0.2, 0.25) is 5.91 Å². The Morgan fingerprint density at radius 1 is 0.909 bits per heavy atom. The highest BCUT2D eigenvalue weighted by atomic mass is 16.4. The molecule has 0 spiro atoms. The molecule has 0 aromatic heterocycles. The second kappa shape index (κ2) is 14.9. The molecule has 0 aliphatic carbocycles. The highest BCUT2D eigenvalue weighted by Crippen LogP contribution is 2.20. The third-order valence-electron chi connectivity index (χ3n) is 4.08. The summed E-state index contributed by atoms with van der Waals surface area (Å²) in [5.74, 6) is -0.706. The molecule has 0 rings (SSSR count). The molecule has 0 bridgehead atoms. The van der Waals surface area contributed by atoms with Gasteiger partial charge in [-0.05, 0) is 18.8 Å². The van der Waals surface area contributed by atoms with E-state index < -0.39 is 5.97 Å². The zero-order chi connectivity index (χ0) is 16.6. The lowest BCUT2D eigenvalue weighted by Gasteiger charge is -2.17. The van der Waals surface area contributed by atoms with Crippen molar-refractivity contribution in [2.24, 2.45) is 5.92 Å². The van der Waals surface area contributed by atoms with Crippen molar-refractivity contribution in [1.82, 2.24) is 5.32 Å². The van der Waals surface area contributed by atoms with Crippen LogP contribution in [0.2, 0.25) is 0 Å². The number of unbranched alkanes of at least 4 members (excludes halogenated alkanes) is 7. The average Bonchev–Trinajstić information content (AvgIpc) is 2.44. The molecule has 0 heterocycles. The van der Waals surface area contributed by atoms with E-state index in [-0.39, 0.29) is 18.2 Å². The number of rotatable bonds is 15. The number of carboxylic acid groups (broad SMARTS) is 1. The zero-order valence-electron chi connectivity index (χ0n) is 14.5. The Labute approximate surface area is 136 Å². The minimum Gasteiger partial charge on any atom is -0.550 e. The summed E-state index contributed by atoms with van der Waals surface area (Å²) in [5.41, 5.74) is 0. The van der Waals surface area contributed by atoms with Crippen LogP contribution < -0.4 is 10.4 Å². The molecule has 1 amide bonds. The van der Waals surface area contributed by atoms with E-state index in [1.807, 2.05) is 0 Å². The first-order valence-corrected chi connectivity index (χ1v) is 9.00. The molecule has 1 N–H and O–H groups in total. The van der Waals surface area contributed by atoms with Gasteiger partial charge in [-0.25, -0.2) is 0 Å². The van der Waals surface area contributed by atoms with Gasteiger partial charge in [-0.1, -0.05) is 71.1 Å². The maximum atomic E-state index is 10.8. The summed E-state index contributed by atoms with van der Waals surface area (Å²) < 4.78 is 0. The number of amides is 1. The quantitative estimate of drug-likeness (QED) is 0.472. The predicted molar refractivity (Wildman–Crippen MR) is 88.3 cm³/mol. The Kier molecular flexibility index (Phi) is 14.1. The predicted octanol–water partition coefficient (Wildman–Crippen LogP) is 3.19. The van der Waals surface area contributed by atoms with Gasteiger partial charge >= 0.3 is 0 Å². The number of carboxylic acids is 1. The summed E-state index contributed by atoms with van der Waals surface area (Å²) in [7, 11) is 0. The van der Waals surface area contributed by atoms with Crippen LogP contribution in [0.15, 0.2) is 0 Å². The van der Waals surface area contributed by atoms with E-state index in [4.69, 9.17) is 0 Å². The van der Waals surface area contributed by atoms with Crippen LogP contribution in [0.4, 0.5) is 0 Å². The van der Waals surface area contributed by atoms with Gasteiger partial charge in [-0.15, -0.1) is 0 Å². The van der Waals surface area contributed by atoms with Crippen molar-refractivity contribution < 1.29 is 14.7 Å². The second-order valence-electron chi connectivity index (χ2n) is 6.33. The van der Waals surface area contributed by atoms with Crippen molar-refractivity contribution in [3.63, 3.8) is 0 Å². The van der Waals surface area contributed by atoms with Crippen LogP contribution in [0.25, 0.3) is 0 Å². The zero-order valence-corrected chi connectivity index (χ0v) is 14.5. The molecule has 1 unspecified atom stereocenters. The molecular weight excluding hydrogens is 278 g/mol. The normalized spacial score (nSPS) is 12.1. The molecule has 130 valence electrons. The molecule has 0 radical (unpaired) electrons. The van der Waals surface area contributed by atoms with Crippen molar-refractivity contribution in [3.05, 3.63) is 0 Å². The van der Waals surface area contributed by atoms with Gasteiger partial charge in [0.25, 0.3) is 0 Å². The first kappa shape index (κ1) is 20.9. The second-order valence-corrected chi connectivity index (χ2v) is 6.33. The smallest absolute Gasteiger partial charge is 0.216 e. The summed E-state index contributed by atoms with van der Waals surface area (Å²) in [6.45, 7) is 4.42. The van der Waals surface area contributed by atoms with Crippen molar-refractivity contribution in [2.75, 3.05) is 6.54 Å². The van der Waals surface area contributed by atoms with E-state index in [0.717, 1.165) is 32.1 Å². The summed E-state index contributed by atoms with van der Waals surface area (Å²) >= 11 is 0. The van der Waals surface area contributed by atoms with Gasteiger partial charge < -0.3 is 15.2 Å². The molecule has 0 saturated carbocycles. The lowest BCUT2D eigenvalue weighted by atomic mass is 9.92. The van der Waals surface area contributed by atoms with Crippen LogP contribution in [0, 0.1) is 5.92 Å². The van der Waals surface area contributed by atoms with Crippen molar-refractivity contribution in [2.45, 2.75) is 90.9 Å². The molecule has 4 heteroatoms. The molecule has 1 atom stereocenters. The lowest BCUT2D eigenvalue weighted by molar-refractivity contribution is -0.306. The summed E-state index contributed by atoms with van der Waals surface area (Å²) in [6, 6.07) is 0. The maximum absolute atomic E-state index is 10.8. The number of hydrogen-bond acceptors (Lipinski definition) is 3. The number of aliphatic carboxylic acids is 1. The van der Waals surface area contributed by atoms with E-state index >= 15 is 0 Å². The minimum absolute atomic E-state index is 0.00522. The fourth-order valence-corrected chi connectivity index (χ4v) is 2.80. The largest absolute Gasteiger partial charge is 0.550 e. The monoisotopic (exact) mass is 312 g/mol. The molecular formula is C18H34NO3-. The average molecular weight is 312 g/mol. The first-order valence-electron chi connectivity index (χ1n) is 9.00. The SMILES string of the molecule is CCCCCCCCCC(CCCCNC(C)=O)CC(=O)[O-]. The third-order valence-corrected chi connectivity index (χ3v) is 4.08. The standard InChI is InChI=1S/C18H35NO3/c1-3-4-5-6-7-8-9-12-17(15-18(21)22)13-10-11-14-19-16(2)20/h17H,3-15H2,1-2H3,(H,19,20)(H,21,22)/p-1. The van der Waals surface area contributed by atoms with Crippen LogP contribution in [0.5, 0.6) is 0 Å². The fraction of sp³-hybridized carbons (Fsp3) is 0.889. The van der Waals surface area contributed by atoms with Gasteiger partial charge in [0, 0.05) is 19.4 Å². The maximum Gasteiger partial charge on any atom is 0.216 e. The molecule has 0 fully saturated rings. The van der Waals surface area contributed by atoms with E-state index in [0.29, 0.717) is 6.54 Å². The number of hydrogen-bond donors (Lipinski definition) is 1. The molecule has 0 aromatic carbocycles. The van der Waals surface area contributed by atoms with E-state index in [9.17, 15) is 14.7 Å². The number of carbonyl (C=O) groups excluding carboxylic acids is 2. The van der Waals surface area contributed by atoms with Crippen LogP contribution in [0.1, 0.15) is 90.9 Å². The van der Waals surface area contributed by atoms with Crippen LogP contribution in [-0.2, 0) is 9.59 Å². The topological polar surface area (TPSA) is 69.2 Å². The highest BCUT2D eigenvalue weighted by molar-refractivity contribution is 5.72. The van der Waals surface area contributed by atoms with Gasteiger partial charge in [0.05, 0.1) is 0 Å². The Morgan fingerprint density at radius 3 is 2.00 bits per heavy atom. The molecule has 0 saturated heterocycles. The minimum atomic E-state index is -0.935. The van der Waals surface area contributed by atoms with Crippen molar-refractivity contribution in [1.29, 1.82) is 0 Å². The molecule has 0 aliphatic rings. The fourth-order valence-electron chi connectivity index (χ4n) is 2.80. The molecule has 22 heavy (non-hydrogen) atoms. The van der Waals surface area contributed by atoms with E-state index in [1.54, 1.807) is 0 Å². The van der Waals surface area contributed by atoms with Gasteiger partial charge in [0.1, 0.15) is 0 Å². The van der Waals surface area contributed by atoms with E-state index in [2.05, 4.69) is 12.2 Å². The van der Waals surface area contributed by atoms with Gasteiger partial charge in [-0.2, -0.15) is 0 Å². The lowest BCUT2D eigenvalue weighted by Crippen LogP contribution is -2.25. The third kappa shape index (κ3) is 15.3.